The second-order valence-corrected chi connectivity index (χ2v) is 6.26. The van der Waals surface area contributed by atoms with Gasteiger partial charge in [-0.3, -0.25) is 15.4 Å². The minimum atomic E-state index is -2.86. The number of halogens is 4. The van der Waals surface area contributed by atoms with Gasteiger partial charge in [0.25, 0.3) is 5.92 Å². The quantitative estimate of drug-likeness (QED) is 0.857. The van der Waals surface area contributed by atoms with Crippen LogP contribution in [0.25, 0.3) is 10.6 Å². The Hall–Kier alpha value is -1.35. The van der Waals surface area contributed by atoms with E-state index in [1.165, 1.54) is 0 Å². The number of amides is 1. The molecule has 1 aliphatic heterocycles. The van der Waals surface area contributed by atoms with Crippen LogP contribution in [0, 0.1) is 0 Å². The van der Waals surface area contributed by atoms with E-state index in [0.717, 1.165) is 11.3 Å². The number of nitrogens with zero attached hydrogens (tertiary/aromatic N) is 2. The first-order valence-electron chi connectivity index (χ1n) is 6.45. The fraction of sp³-hybridized carbons (Fsp3) is 0.308. The number of alkyl halides is 2. The van der Waals surface area contributed by atoms with Crippen LogP contribution >= 0.6 is 35.3 Å². The van der Waals surface area contributed by atoms with Crippen molar-refractivity contribution in [1.29, 1.82) is 0 Å². The number of hydrogen-bond acceptors (Lipinski definition) is 5. The van der Waals surface area contributed by atoms with Gasteiger partial charge in [0.15, 0.2) is 5.01 Å². The van der Waals surface area contributed by atoms with Crippen LogP contribution in [0.4, 0.5) is 13.9 Å². The normalized spacial score (nSPS) is 19.2. The molecule has 1 fully saturated rings. The number of anilines is 1. The largest absolute Gasteiger partial charge is 0.300 e. The fourth-order valence-corrected chi connectivity index (χ4v) is 3.18. The third-order valence-corrected chi connectivity index (χ3v) is 4.39. The van der Waals surface area contributed by atoms with Crippen molar-refractivity contribution in [2.45, 2.75) is 18.4 Å². The first-order valence-corrected chi connectivity index (χ1v) is 7.64. The molecule has 2 heterocycles. The molecule has 10 heteroatoms. The third-order valence-electron chi connectivity index (χ3n) is 3.19. The number of carbonyl (C=O) groups is 1. The number of rotatable bonds is 3. The van der Waals surface area contributed by atoms with Crippen LogP contribution in [0.3, 0.4) is 0 Å². The van der Waals surface area contributed by atoms with E-state index in [4.69, 9.17) is 11.6 Å². The van der Waals surface area contributed by atoms with E-state index in [1.807, 2.05) is 6.07 Å². The molecule has 1 aromatic heterocycles. The highest BCUT2D eigenvalue weighted by molar-refractivity contribution is 7.18. The lowest BCUT2D eigenvalue weighted by Crippen LogP contribution is -2.35. The molecule has 0 bridgehead atoms. The number of benzene rings is 1. The molecule has 0 saturated carbocycles. The molecule has 124 valence electrons. The Morgan fingerprint density at radius 3 is 2.78 bits per heavy atom. The molecule has 1 saturated heterocycles. The Bertz CT molecular complexity index is 713. The standard InChI is InChI=1S/C13H11ClF2N4OS.ClH/c14-8-4-2-1-3-7(8)11-19-20-12(22-11)18-10(21)9-5-13(15,16)6-17-9;/h1-4,9,17H,5-6H2,(H,18,20,21);1H. The van der Waals surface area contributed by atoms with Gasteiger partial charge in [-0.05, 0) is 6.07 Å². The summed E-state index contributed by atoms with van der Waals surface area (Å²) in [6.45, 7) is -0.494. The van der Waals surface area contributed by atoms with Crippen LogP contribution < -0.4 is 10.6 Å². The Morgan fingerprint density at radius 2 is 2.13 bits per heavy atom. The van der Waals surface area contributed by atoms with Crippen LogP contribution in [0.1, 0.15) is 6.42 Å². The molecule has 1 aromatic carbocycles. The first-order chi connectivity index (χ1) is 10.4. The van der Waals surface area contributed by atoms with Gasteiger partial charge >= 0.3 is 0 Å². The van der Waals surface area contributed by atoms with Gasteiger partial charge in [0, 0.05) is 12.0 Å². The minimum Gasteiger partial charge on any atom is -0.300 e. The lowest BCUT2D eigenvalue weighted by atomic mass is 10.2. The highest BCUT2D eigenvalue weighted by Crippen LogP contribution is 2.32. The molecule has 5 nitrogen and oxygen atoms in total. The predicted molar refractivity (Wildman–Crippen MR) is 87.6 cm³/mol. The maximum absolute atomic E-state index is 13.1. The van der Waals surface area contributed by atoms with Crippen LogP contribution in [-0.4, -0.2) is 34.6 Å². The average Bonchev–Trinajstić information content (AvgIpc) is 3.06. The highest BCUT2D eigenvalue weighted by Gasteiger charge is 2.42. The van der Waals surface area contributed by atoms with Crippen molar-refractivity contribution in [3.05, 3.63) is 29.3 Å². The van der Waals surface area contributed by atoms with E-state index in [2.05, 4.69) is 20.8 Å². The topological polar surface area (TPSA) is 66.9 Å². The molecule has 2 N–H and O–H groups in total. The van der Waals surface area contributed by atoms with E-state index < -0.39 is 30.8 Å². The molecule has 1 aliphatic rings. The number of aromatic nitrogens is 2. The summed E-state index contributed by atoms with van der Waals surface area (Å²) in [7, 11) is 0. The van der Waals surface area contributed by atoms with Crippen molar-refractivity contribution in [2.24, 2.45) is 0 Å². The molecule has 3 rings (SSSR count). The Morgan fingerprint density at radius 1 is 1.39 bits per heavy atom. The van der Waals surface area contributed by atoms with Gasteiger partial charge < -0.3 is 0 Å². The maximum Gasteiger partial charge on any atom is 0.262 e. The van der Waals surface area contributed by atoms with Crippen molar-refractivity contribution in [2.75, 3.05) is 11.9 Å². The van der Waals surface area contributed by atoms with Gasteiger partial charge in [-0.25, -0.2) is 8.78 Å². The Balaban J connectivity index is 0.00000192. The Labute approximate surface area is 145 Å². The van der Waals surface area contributed by atoms with Crippen molar-refractivity contribution in [1.82, 2.24) is 15.5 Å². The van der Waals surface area contributed by atoms with Gasteiger partial charge in [0.05, 0.1) is 17.6 Å². The minimum absolute atomic E-state index is 0. The smallest absolute Gasteiger partial charge is 0.262 e. The average molecular weight is 381 g/mol. The molecule has 0 radical (unpaired) electrons. The molecule has 1 amide bonds. The summed E-state index contributed by atoms with van der Waals surface area (Å²) < 4.78 is 26.2. The van der Waals surface area contributed by atoms with Crippen LogP contribution in [0.5, 0.6) is 0 Å². The van der Waals surface area contributed by atoms with E-state index in [9.17, 15) is 13.6 Å². The summed E-state index contributed by atoms with van der Waals surface area (Å²) in [5.41, 5.74) is 0.702. The van der Waals surface area contributed by atoms with E-state index >= 15 is 0 Å². The van der Waals surface area contributed by atoms with E-state index in [0.29, 0.717) is 15.6 Å². The van der Waals surface area contributed by atoms with Gasteiger partial charge in [-0.2, -0.15) is 0 Å². The molecule has 2 aromatic rings. The monoisotopic (exact) mass is 380 g/mol. The summed E-state index contributed by atoms with van der Waals surface area (Å²) in [6, 6.07) is 6.18. The molecule has 0 aliphatic carbocycles. The zero-order valence-corrected chi connectivity index (χ0v) is 13.9. The van der Waals surface area contributed by atoms with Gasteiger partial charge in [-0.1, -0.05) is 41.1 Å². The highest BCUT2D eigenvalue weighted by atomic mass is 35.5. The summed E-state index contributed by atoms with van der Waals surface area (Å²) in [5, 5.41) is 14.1. The zero-order chi connectivity index (χ0) is 15.7. The molecule has 1 atom stereocenters. The second-order valence-electron chi connectivity index (χ2n) is 4.88. The maximum atomic E-state index is 13.1. The third kappa shape index (κ3) is 4.14. The number of nitrogens with one attached hydrogen (secondary N) is 2. The first kappa shape index (κ1) is 18.0. The summed E-state index contributed by atoms with van der Waals surface area (Å²) in [5.74, 6) is -3.40. The lowest BCUT2D eigenvalue weighted by molar-refractivity contribution is -0.118. The van der Waals surface area contributed by atoms with Crippen molar-refractivity contribution >= 4 is 46.4 Å². The SMILES string of the molecule is Cl.O=C(Nc1nnc(-c2ccccc2Cl)s1)C1CC(F)(F)CN1. The molecular weight excluding hydrogens is 369 g/mol. The molecule has 23 heavy (non-hydrogen) atoms. The molecule has 1 unspecified atom stereocenters. The van der Waals surface area contributed by atoms with Gasteiger partial charge in [0.1, 0.15) is 0 Å². The molecule has 0 spiro atoms. The summed E-state index contributed by atoms with van der Waals surface area (Å²) in [4.78, 5) is 11.9. The van der Waals surface area contributed by atoms with Crippen molar-refractivity contribution < 1.29 is 13.6 Å². The Kier molecular flexibility index (Phi) is 5.51. The predicted octanol–water partition coefficient (Wildman–Crippen LogP) is 3.22. The van der Waals surface area contributed by atoms with Crippen molar-refractivity contribution in [3.8, 4) is 10.6 Å². The molecular formula is C13H12Cl2F2N4OS. The number of hydrogen-bond donors (Lipinski definition) is 2. The van der Waals surface area contributed by atoms with Crippen LogP contribution in [0.15, 0.2) is 24.3 Å². The summed E-state index contributed by atoms with van der Waals surface area (Å²) >= 11 is 7.20. The van der Waals surface area contributed by atoms with Crippen molar-refractivity contribution in [3.63, 3.8) is 0 Å². The lowest BCUT2D eigenvalue weighted by Gasteiger charge is -2.08. The van der Waals surface area contributed by atoms with Crippen LogP contribution in [0.2, 0.25) is 5.02 Å². The summed E-state index contributed by atoms with van der Waals surface area (Å²) in [6.07, 6.45) is -0.519. The van der Waals surface area contributed by atoms with E-state index in [1.54, 1.807) is 18.2 Å². The van der Waals surface area contributed by atoms with Gasteiger partial charge in [0.2, 0.25) is 11.0 Å². The second kappa shape index (κ2) is 7.04. The van der Waals surface area contributed by atoms with Crippen LogP contribution in [-0.2, 0) is 4.79 Å². The van der Waals surface area contributed by atoms with Gasteiger partial charge in [-0.15, -0.1) is 22.6 Å². The van der Waals surface area contributed by atoms with E-state index in [-0.39, 0.29) is 17.5 Å². The number of carbonyl (C=O) groups excluding carboxylic acids is 1. The fourth-order valence-electron chi connectivity index (χ4n) is 2.11. The zero-order valence-electron chi connectivity index (χ0n) is 11.6.